The molecule has 0 aromatic rings. The Morgan fingerprint density at radius 3 is 2.75 bits per heavy atom. The zero-order valence-corrected chi connectivity index (χ0v) is 7.80. The summed E-state index contributed by atoms with van der Waals surface area (Å²) in [6, 6.07) is 0.211. The smallest absolute Gasteiger partial charge is 0.249 e. The fourth-order valence-electron chi connectivity index (χ4n) is 1.32. The van der Waals surface area contributed by atoms with E-state index in [9.17, 15) is 4.79 Å². The van der Waals surface area contributed by atoms with Crippen molar-refractivity contribution in [1.29, 1.82) is 0 Å². The van der Waals surface area contributed by atoms with Crippen LogP contribution in [0.1, 0.15) is 33.1 Å². The number of rotatable bonds is 2. The Labute approximate surface area is 73.5 Å². The molecule has 0 radical (unpaired) electrons. The number of hydrogen-bond donors (Lipinski definition) is 1. The van der Waals surface area contributed by atoms with Gasteiger partial charge in [-0.25, -0.2) is 0 Å². The molecule has 0 aromatic heterocycles. The van der Waals surface area contributed by atoms with Crippen molar-refractivity contribution < 1.29 is 9.53 Å². The number of hydrogen-bond acceptors (Lipinski definition) is 2. The van der Waals surface area contributed by atoms with Crippen LogP contribution in [-0.4, -0.2) is 24.7 Å². The highest BCUT2D eigenvalue weighted by atomic mass is 16.5. The van der Waals surface area contributed by atoms with Crippen LogP contribution < -0.4 is 5.32 Å². The number of ether oxygens (including phenoxy) is 1. The molecule has 0 aromatic carbocycles. The Bertz CT molecular complexity index is 151. The monoisotopic (exact) mass is 171 g/mol. The van der Waals surface area contributed by atoms with Crippen molar-refractivity contribution in [1.82, 2.24) is 5.32 Å². The van der Waals surface area contributed by atoms with Gasteiger partial charge in [0.05, 0.1) is 0 Å². The summed E-state index contributed by atoms with van der Waals surface area (Å²) in [5, 5.41) is 2.85. The predicted molar refractivity (Wildman–Crippen MR) is 46.9 cm³/mol. The number of carbonyl (C=O) groups excluding carboxylic acids is 1. The third-order valence-corrected chi connectivity index (χ3v) is 1.90. The highest BCUT2D eigenvalue weighted by Gasteiger charge is 2.21. The van der Waals surface area contributed by atoms with Crippen LogP contribution in [0.25, 0.3) is 0 Å². The molecule has 1 N–H and O–H groups in total. The largest absolute Gasteiger partial charge is 0.368 e. The second-order valence-corrected chi connectivity index (χ2v) is 3.52. The first kappa shape index (κ1) is 9.52. The lowest BCUT2D eigenvalue weighted by Crippen LogP contribution is -2.41. The molecular weight excluding hydrogens is 154 g/mol. The van der Waals surface area contributed by atoms with Crippen molar-refractivity contribution in [3.8, 4) is 0 Å². The number of carbonyl (C=O) groups is 1. The van der Waals surface area contributed by atoms with Crippen LogP contribution in [0, 0.1) is 0 Å². The van der Waals surface area contributed by atoms with Crippen LogP contribution in [0.4, 0.5) is 0 Å². The average Bonchev–Trinajstić information content (AvgIpc) is 2.05. The lowest BCUT2D eigenvalue weighted by atomic mass is 10.1. The van der Waals surface area contributed by atoms with E-state index in [1.54, 1.807) is 0 Å². The van der Waals surface area contributed by atoms with Gasteiger partial charge in [0.25, 0.3) is 0 Å². The van der Waals surface area contributed by atoms with E-state index in [2.05, 4.69) is 5.32 Å². The van der Waals surface area contributed by atoms with Crippen LogP contribution in [0.3, 0.4) is 0 Å². The fourth-order valence-corrected chi connectivity index (χ4v) is 1.32. The Hall–Kier alpha value is -0.570. The summed E-state index contributed by atoms with van der Waals surface area (Å²) in [5.41, 5.74) is 0. The summed E-state index contributed by atoms with van der Waals surface area (Å²) in [4.78, 5) is 11.4. The summed E-state index contributed by atoms with van der Waals surface area (Å²) in [5.74, 6) is 0.0460. The quantitative estimate of drug-likeness (QED) is 0.675. The molecule has 1 aliphatic heterocycles. The second kappa shape index (κ2) is 4.45. The molecule has 1 rings (SSSR count). The van der Waals surface area contributed by atoms with Crippen LogP contribution in [0.2, 0.25) is 0 Å². The SMILES string of the molecule is CC(C)NC(=O)C1CCCCO1. The van der Waals surface area contributed by atoms with Gasteiger partial charge in [-0.3, -0.25) is 4.79 Å². The first-order valence-electron chi connectivity index (χ1n) is 4.62. The van der Waals surface area contributed by atoms with Gasteiger partial charge in [0, 0.05) is 12.6 Å². The molecule has 1 aliphatic rings. The van der Waals surface area contributed by atoms with Gasteiger partial charge in [0.1, 0.15) is 6.10 Å². The molecule has 0 bridgehead atoms. The van der Waals surface area contributed by atoms with Crippen molar-refractivity contribution in [2.45, 2.75) is 45.3 Å². The van der Waals surface area contributed by atoms with Crippen molar-refractivity contribution in [3.63, 3.8) is 0 Å². The van der Waals surface area contributed by atoms with Gasteiger partial charge in [-0.05, 0) is 33.1 Å². The van der Waals surface area contributed by atoms with Gasteiger partial charge >= 0.3 is 0 Å². The molecule has 3 nitrogen and oxygen atoms in total. The Morgan fingerprint density at radius 1 is 1.50 bits per heavy atom. The Balaban J connectivity index is 2.30. The van der Waals surface area contributed by atoms with Crippen molar-refractivity contribution >= 4 is 5.91 Å². The summed E-state index contributed by atoms with van der Waals surface area (Å²) >= 11 is 0. The summed E-state index contributed by atoms with van der Waals surface area (Å²) in [6.45, 7) is 4.65. The topological polar surface area (TPSA) is 38.3 Å². The molecule has 12 heavy (non-hydrogen) atoms. The van der Waals surface area contributed by atoms with Crippen LogP contribution in [-0.2, 0) is 9.53 Å². The predicted octanol–water partition coefficient (Wildman–Crippen LogP) is 1.08. The molecule has 1 unspecified atom stereocenters. The zero-order chi connectivity index (χ0) is 8.97. The maximum absolute atomic E-state index is 11.4. The van der Waals surface area contributed by atoms with Crippen molar-refractivity contribution in [2.75, 3.05) is 6.61 Å². The summed E-state index contributed by atoms with van der Waals surface area (Å²) < 4.78 is 5.33. The normalized spacial score (nSPS) is 24.1. The first-order chi connectivity index (χ1) is 5.70. The maximum atomic E-state index is 11.4. The van der Waals surface area contributed by atoms with Crippen LogP contribution in [0.5, 0.6) is 0 Å². The Morgan fingerprint density at radius 2 is 2.25 bits per heavy atom. The van der Waals surface area contributed by atoms with Crippen LogP contribution >= 0.6 is 0 Å². The van der Waals surface area contributed by atoms with Gasteiger partial charge in [0.2, 0.25) is 5.91 Å². The van der Waals surface area contributed by atoms with E-state index in [1.165, 1.54) is 0 Å². The molecule has 0 saturated carbocycles. The lowest BCUT2D eigenvalue weighted by Gasteiger charge is -2.22. The summed E-state index contributed by atoms with van der Waals surface area (Å²) in [6.07, 6.45) is 2.88. The van der Waals surface area contributed by atoms with E-state index in [-0.39, 0.29) is 18.1 Å². The molecule has 0 aliphatic carbocycles. The highest BCUT2D eigenvalue weighted by Crippen LogP contribution is 2.12. The van der Waals surface area contributed by atoms with E-state index in [0.29, 0.717) is 0 Å². The molecule has 1 heterocycles. The molecule has 0 spiro atoms. The van der Waals surface area contributed by atoms with E-state index >= 15 is 0 Å². The molecule has 1 atom stereocenters. The zero-order valence-electron chi connectivity index (χ0n) is 7.80. The van der Waals surface area contributed by atoms with E-state index in [0.717, 1.165) is 25.9 Å². The molecular formula is C9H17NO2. The number of amides is 1. The minimum Gasteiger partial charge on any atom is -0.368 e. The molecule has 3 heteroatoms. The number of nitrogens with one attached hydrogen (secondary N) is 1. The van der Waals surface area contributed by atoms with Crippen molar-refractivity contribution in [2.24, 2.45) is 0 Å². The van der Waals surface area contributed by atoms with E-state index in [1.807, 2.05) is 13.8 Å². The van der Waals surface area contributed by atoms with Crippen LogP contribution in [0.15, 0.2) is 0 Å². The van der Waals surface area contributed by atoms with Gasteiger partial charge < -0.3 is 10.1 Å². The first-order valence-corrected chi connectivity index (χ1v) is 4.62. The minimum atomic E-state index is -0.193. The van der Waals surface area contributed by atoms with E-state index < -0.39 is 0 Å². The molecule has 70 valence electrons. The minimum absolute atomic E-state index is 0.0460. The van der Waals surface area contributed by atoms with Gasteiger partial charge in [-0.1, -0.05) is 0 Å². The molecule has 1 saturated heterocycles. The summed E-state index contributed by atoms with van der Waals surface area (Å²) in [7, 11) is 0. The van der Waals surface area contributed by atoms with E-state index in [4.69, 9.17) is 4.74 Å². The second-order valence-electron chi connectivity index (χ2n) is 3.52. The third kappa shape index (κ3) is 2.81. The third-order valence-electron chi connectivity index (χ3n) is 1.90. The Kier molecular flexibility index (Phi) is 3.53. The standard InChI is InChI=1S/C9H17NO2/c1-7(2)10-9(11)8-5-3-4-6-12-8/h7-8H,3-6H2,1-2H3,(H,10,11). The van der Waals surface area contributed by atoms with Gasteiger partial charge in [-0.2, -0.15) is 0 Å². The molecule has 1 fully saturated rings. The maximum Gasteiger partial charge on any atom is 0.249 e. The van der Waals surface area contributed by atoms with Crippen molar-refractivity contribution in [3.05, 3.63) is 0 Å². The van der Waals surface area contributed by atoms with Gasteiger partial charge in [-0.15, -0.1) is 0 Å². The highest BCUT2D eigenvalue weighted by molar-refractivity contribution is 5.81. The fraction of sp³-hybridized carbons (Fsp3) is 0.889. The van der Waals surface area contributed by atoms with Gasteiger partial charge in [0.15, 0.2) is 0 Å². The lowest BCUT2D eigenvalue weighted by molar-refractivity contribution is -0.135. The molecule has 1 amide bonds. The average molecular weight is 171 g/mol.